The largest absolute Gasteiger partial charge is 0.467 e. The molecule has 0 spiro atoms. The Morgan fingerprint density at radius 1 is 1.06 bits per heavy atom. The van der Waals surface area contributed by atoms with Crippen LogP contribution in [-0.2, 0) is 9.59 Å². The molecule has 3 amide bonds. The van der Waals surface area contributed by atoms with Gasteiger partial charge in [-0.1, -0.05) is 37.5 Å². The van der Waals surface area contributed by atoms with Gasteiger partial charge in [-0.25, -0.2) is 0 Å². The van der Waals surface area contributed by atoms with Crippen molar-refractivity contribution in [2.24, 2.45) is 0 Å². The van der Waals surface area contributed by atoms with Crippen LogP contribution in [0.1, 0.15) is 64.7 Å². The third-order valence-corrected chi connectivity index (χ3v) is 7.39. The van der Waals surface area contributed by atoms with E-state index in [0.29, 0.717) is 16.3 Å². The zero-order valence-corrected chi connectivity index (χ0v) is 20.9. The van der Waals surface area contributed by atoms with E-state index in [4.69, 9.17) is 4.42 Å². The summed E-state index contributed by atoms with van der Waals surface area (Å²) in [5, 5.41) is 7.67. The molecule has 2 aromatic heterocycles. The maximum atomic E-state index is 13.7. The molecule has 35 heavy (non-hydrogen) atoms. The van der Waals surface area contributed by atoms with Crippen LogP contribution in [0.25, 0.3) is 0 Å². The van der Waals surface area contributed by atoms with Crippen molar-refractivity contribution < 1.29 is 18.8 Å². The number of nitrogens with one attached hydrogen (secondary N) is 2. The Kier molecular flexibility index (Phi) is 8.02. The van der Waals surface area contributed by atoms with Crippen molar-refractivity contribution in [2.45, 2.75) is 58.0 Å². The van der Waals surface area contributed by atoms with Crippen LogP contribution in [0.3, 0.4) is 0 Å². The normalized spacial score (nSPS) is 14.8. The third-order valence-electron chi connectivity index (χ3n) is 6.52. The van der Waals surface area contributed by atoms with Crippen LogP contribution in [-0.4, -0.2) is 30.3 Å². The predicted octanol–water partition coefficient (Wildman–Crippen LogP) is 4.91. The summed E-state index contributed by atoms with van der Waals surface area (Å²) < 4.78 is 5.67. The van der Waals surface area contributed by atoms with Crippen LogP contribution < -0.4 is 15.5 Å². The minimum atomic E-state index is -1.00. The summed E-state index contributed by atoms with van der Waals surface area (Å²) in [7, 11) is 0. The molecule has 0 radical (unpaired) electrons. The summed E-state index contributed by atoms with van der Waals surface area (Å²) in [5.41, 5.74) is 2.49. The molecule has 0 bridgehead atoms. The summed E-state index contributed by atoms with van der Waals surface area (Å²) in [6.07, 6.45) is 6.66. The Labute approximate surface area is 209 Å². The van der Waals surface area contributed by atoms with E-state index < -0.39 is 11.9 Å². The molecule has 0 aliphatic heterocycles. The average molecular weight is 494 g/mol. The number of carbonyl (C=O) groups excluding carboxylic acids is 3. The molecular weight excluding hydrogens is 462 g/mol. The predicted molar refractivity (Wildman–Crippen MR) is 137 cm³/mol. The molecule has 3 aromatic rings. The third kappa shape index (κ3) is 5.82. The van der Waals surface area contributed by atoms with Gasteiger partial charge in [-0.2, -0.15) is 0 Å². The molecule has 8 heteroatoms. The second-order valence-corrected chi connectivity index (χ2v) is 9.85. The van der Waals surface area contributed by atoms with Gasteiger partial charge in [0.1, 0.15) is 5.76 Å². The molecule has 7 nitrogen and oxygen atoms in total. The Morgan fingerprint density at radius 2 is 1.86 bits per heavy atom. The number of anilines is 1. The number of aryl methyl sites for hydroxylation is 1. The number of furan rings is 1. The van der Waals surface area contributed by atoms with Gasteiger partial charge in [-0.3, -0.25) is 19.3 Å². The molecule has 2 heterocycles. The summed E-state index contributed by atoms with van der Waals surface area (Å²) in [4.78, 5) is 41.9. The van der Waals surface area contributed by atoms with Crippen LogP contribution in [0.5, 0.6) is 0 Å². The molecule has 1 aliphatic carbocycles. The Bertz CT molecular complexity index is 1150. The first-order valence-electron chi connectivity index (χ1n) is 12.0. The maximum absolute atomic E-state index is 13.7. The molecule has 1 fully saturated rings. The van der Waals surface area contributed by atoms with Crippen molar-refractivity contribution in [1.29, 1.82) is 0 Å². The first-order chi connectivity index (χ1) is 17.0. The lowest BCUT2D eigenvalue weighted by Crippen LogP contribution is -2.49. The molecule has 1 saturated carbocycles. The van der Waals surface area contributed by atoms with E-state index in [-0.39, 0.29) is 24.4 Å². The Hall–Kier alpha value is -3.39. The van der Waals surface area contributed by atoms with Crippen LogP contribution in [0, 0.1) is 13.8 Å². The van der Waals surface area contributed by atoms with Gasteiger partial charge < -0.3 is 15.1 Å². The fourth-order valence-corrected chi connectivity index (χ4v) is 5.14. The zero-order chi connectivity index (χ0) is 24.8. The van der Waals surface area contributed by atoms with E-state index in [1.807, 2.05) is 37.4 Å². The highest BCUT2D eigenvalue weighted by molar-refractivity contribution is 7.12. The van der Waals surface area contributed by atoms with Crippen LogP contribution in [0.4, 0.5) is 5.69 Å². The van der Waals surface area contributed by atoms with Crippen molar-refractivity contribution in [1.82, 2.24) is 10.6 Å². The lowest BCUT2D eigenvalue weighted by Gasteiger charge is -2.33. The van der Waals surface area contributed by atoms with E-state index in [1.54, 1.807) is 24.3 Å². The van der Waals surface area contributed by atoms with Gasteiger partial charge in [-0.15, -0.1) is 11.3 Å². The van der Waals surface area contributed by atoms with Gasteiger partial charge in [0.15, 0.2) is 6.04 Å². The second kappa shape index (κ2) is 11.4. The van der Waals surface area contributed by atoms with Crippen LogP contribution in [0.2, 0.25) is 0 Å². The topological polar surface area (TPSA) is 91.7 Å². The first kappa shape index (κ1) is 24.7. The summed E-state index contributed by atoms with van der Waals surface area (Å²) in [6, 6.07) is 11.6. The Balaban J connectivity index is 1.67. The van der Waals surface area contributed by atoms with Crippen molar-refractivity contribution in [3.63, 3.8) is 0 Å². The number of thiophene rings is 1. The van der Waals surface area contributed by atoms with Crippen LogP contribution >= 0.6 is 11.3 Å². The number of carbonyl (C=O) groups is 3. The van der Waals surface area contributed by atoms with Crippen molar-refractivity contribution in [3.05, 3.63) is 75.9 Å². The SMILES string of the molecule is Cc1cccc(N(C(=O)CNC(=O)c2cccs2)C(C(=O)NC2CCCCC2)c2ccco2)c1C. The number of hydrogen-bond donors (Lipinski definition) is 2. The van der Waals surface area contributed by atoms with Gasteiger partial charge in [0.25, 0.3) is 11.8 Å². The van der Waals surface area contributed by atoms with E-state index in [0.717, 1.165) is 36.8 Å². The summed E-state index contributed by atoms with van der Waals surface area (Å²) in [5.74, 6) is -0.637. The minimum absolute atomic E-state index is 0.0720. The maximum Gasteiger partial charge on any atom is 0.261 e. The standard InChI is InChI=1S/C27H31N3O4S/c1-18-9-6-12-21(19(18)2)30(24(31)17-28-26(32)23-14-8-16-35-23)25(22-13-7-15-34-22)27(33)29-20-10-4-3-5-11-20/h6-9,12-16,20,25H,3-5,10-11,17H2,1-2H3,(H,28,32)(H,29,33). The number of hydrogen-bond acceptors (Lipinski definition) is 5. The molecule has 1 atom stereocenters. The highest BCUT2D eigenvalue weighted by Gasteiger charge is 2.36. The van der Waals surface area contributed by atoms with Gasteiger partial charge in [-0.05, 0) is 67.5 Å². The summed E-state index contributed by atoms with van der Waals surface area (Å²) >= 11 is 1.30. The number of amides is 3. The van der Waals surface area contributed by atoms with Crippen molar-refractivity contribution >= 4 is 34.7 Å². The fraction of sp³-hybridized carbons (Fsp3) is 0.370. The van der Waals surface area contributed by atoms with E-state index in [2.05, 4.69) is 10.6 Å². The van der Waals surface area contributed by atoms with E-state index >= 15 is 0 Å². The monoisotopic (exact) mass is 493 g/mol. The van der Waals surface area contributed by atoms with Crippen LogP contribution in [0.15, 0.2) is 58.5 Å². The molecule has 4 rings (SSSR count). The van der Waals surface area contributed by atoms with Crippen molar-refractivity contribution in [2.75, 3.05) is 11.4 Å². The van der Waals surface area contributed by atoms with Gasteiger partial charge in [0.05, 0.1) is 17.7 Å². The highest BCUT2D eigenvalue weighted by Crippen LogP contribution is 2.32. The molecule has 1 unspecified atom stereocenters. The molecule has 1 aliphatic rings. The smallest absolute Gasteiger partial charge is 0.261 e. The van der Waals surface area contributed by atoms with Gasteiger partial charge in [0.2, 0.25) is 5.91 Å². The molecule has 2 N–H and O–H groups in total. The lowest BCUT2D eigenvalue weighted by molar-refractivity contribution is -0.127. The molecule has 0 saturated heterocycles. The van der Waals surface area contributed by atoms with E-state index in [9.17, 15) is 14.4 Å². The number of nitrogens with zero attached hydrogens (tertiary/aromatic N) is 1. The average Bonchev–Trinajstić information content (AvgIpc) is 3.58. The quantitative estimate of drug-likeness (QED) is 0.466. The molecule has 184 valence electrons. The molecule has 1 aromatic carbocycles. The fourth-order valence-electron chi connectivity index (χ4n) is 4.50. The first-order valence-corrected chi connectivity index (χ1v) is 12.9. The minimum Gasteiger partial charge on any atom is -0.467 e. The number of benzene rings is 1. The van der Waals surface area contributed by atoms with Gasteiger partial charge in [0, 0.05) is 11.7 Å². The summed E-state index contributed by atoms with van der Waals surface area (Å²) in [6.45, 7) is 3.63. The lowest BCUT2D eigenvalue weighted by atomic mass is 9.95. The second-order valence-electron chi connectivity index (χ2n) is 8.90. The highest BCUT2D eigenvalue weighted by atomic mass is 32.1. The van der Waals surface area contributed by atoms with Gasteiger partial charge >= 0.3 is 0 Å². The Morgan fingerprint density at radius 3 is 2.54 bits per heavy atom. The zero-order valence-electron chi connectivity index (χ0n) is 20.1. The molecular formula is C27H31N3O4S. The number of rotatable bonds is 8. The van der Waals surface area contributed by atoms with E-state index in [1.165, 1.54) is 28.9 Å². The van der Waals surface area contributed by atoms with Crippen molar-refractivity contribution in [3.8, 4) is 0 Å².